The largest absolute Gasteiger partial charge is 0.411 e. The van der Waals surface area contributed by atoms with Gasteiger partial charge in [-0.3, -0.25) is 0 Å². The molecule has 0 saturated carbocycles. The highest BCUT2D eigenvalue weighted by Crippen LogP contribution is 2.11. The van der Waals surface area contributed by atoms with Gasteiger partial charge in [-0.05, 0) is 12.6 Å². The molecule has 0 aliphatic heterocycles. The normalized spacial score (nSPS) is 12.0. The van der Waals surface area contributed by atoms with Crippen molar-refractivity contribution in [1.82, 2.24) is 0 Å². The van der Waals surface area contributed by atoms with Crippen LogP contribution >= 0.6 is 0 Å². The molecule has 0 spiro atoms. The van der Waals surface area contributed by atoms with Crippen molar-refractivity contribution in [2.45, 2.75) is 58.0 Å². The molecule has 0 rings (SSSR count). The van der Waals surface area contributed by atoms with Crippen LogP contribution < -0.4 is 0 Å². The molecule has 0 atom stereocenters. The lowest BCUT2D eigenvalue weighted by Crippen LogP contribution is -2.29. The van der Waals surface area contributed by atoms with Crippen molar-refractivity contribution >= 4 is 8.56 Å². The van der Waals surface area contributed by atoms with Crippen molar-refractivity contribution in [1.29, 1.82) is 0 Å². The molecule has 0 aromatic heterocycles. The number of hydrogen-bond donors (Lipinski definition) is 2. The zero-order valence-corrected chi connectivity index (χ0v) is 9.34. The van der Waals surface area contributed by atoms with E-state index in [1.807, 2.05) is 0 Å². The van der Waals surface area contributed by atoms with Gasteiger partial charge in [0.05, 0.1) is 0 Å². The Morgan fingerprint density at radius 3 is 1.92 bits per heavy atom. The molecule has 0 unspecified atom stereocenters. The van der Waals surface area contributed by atoms with E-state index in [4.69, 9.17) is 9.59 Å². The van der Waals surface area contributed by atoms with E-state index in [-0.39, 0.29) is 0 Å². The predicted molar refractivity (Wildman–Crippen MR) is 54.2 cm³/mol. The lowest BCUT2D eigenvalue weighted by Gasteiger charge is -2.10. The summed E-state index contributed by atoms with van der Waals surface area (Å²) in [4.78, 5) is 18.2. The van der Waals surface area contributed by atoms with Crippen molar-refractivity contribution in [2.75, 3.05) is 0 Å². The van der Waals surface area contributed by atoms with Crippen LogP contribution in [0.2, 0.25) is 12.6 Å². The molecule has 0 aliphatic rings. The second-order valence-electron chi connectivity index (χ2n) is 3.73. The maximum absolute atomic E-state index is 9.11. The fraction of sp³-hybridized carbons (Fsp3) is 1.00. The van der Waals surface area contributed by atoms with Gasteiger partial charge in [0.1, 0.15) is 0 Å². The van der Waals surface area contributed by atoms with Crippen LogP contribution in [0.3, 0.4) is 0 Å². The Labute approximate surface area is 76.9 Å². The number of unbranched alkanes of at least 4 members (excludes halogenated alkanes) is 5. The summed E-state index contributed by atoms with van der Waals surface area (Å²) in [6.07, 6.45) is 7.27. The Bertz CT molecular complexity index is 99.2. The van der Waals surface area contributed by atoms with Gasteiger partial charge in [0.2, 0.25) is 0 Å². The van der Waals surface area contributed by atoms with Crippen molar-refractivity contribution < 1.29 is 9.59 Å². The van der Waals surface area contributed by atoms with E-state index in [0.29, 0.717) is 6.04 Å². The minimum Gasteiger partial charge on any atom is -0.411 e. The molecule has 0 aliphatic carbocycles. The molecule has 0 heterocycles. The first-order valence-corrected chi connectivity index (χ1v) is 7.61. The van der Waals surface area contributed by atoms with Gasteiger partial charge in [0, 0.05) is 0 Å². The van der Waals surface area contributed by atoms with Crippen LogP contribution in [0.4, 0.5) is 0 Å². The third kappa shape index (κ3) is 10.1. The van der Waals surface area contributed by atoms with E-state index in [2.05, 4.69) is 6.92 Å². The summed E-state index contributed by atoms with van der Waals surface area (Å²) >= 11 is 0. The molecule has 74 valence electrons. The Balaban J connectivity index is 3.01. The topological polar surface area (TPSA) is 40.5 Å². The third-order valence-corrected chi connectivity index (χ3v) is 3.30. The van der Waals surface area contributed by atoms with Crippen LogP contribution in [-0.4, -0.2) is 18.2 Å². The Kier molecular flexibility index (Phi) is 6.71. The molecule has 0 saturated heterocycles. The van der Waals surface area contributed by atoms with E-state index >= 15 is 0 Å². The van der Waals surface area contributed by atoms with Gasteiger partial charge < -0.3 is 9.59 Å². The van der Waals surface area contributed by atoms with Gasteiger partial charge in [-0.1, -0.05) is 45.4 Å². The molecule has 2 nitrogen and oxygen atoms in total. The van der Waals surface area contributed by atoms with Gasteiger partial charge in [0.15, 0.2) is 0 Å². The maximum atomic E-state index is 9.11. The van der Waals surface area contributed by atoms with Crippen LogP contribution in [0.15, 0.2) is 0 Å². The van der Waals surface area contributed by atoms with Crippen LogP contribution in [-0.2, 0) is 0 Å². The standard InChI is InChI=1S/C9H22O2Si/c1-3-4-5-6-7-8-9-12(2,10)11/h10-11H,3-9H2,1-2H3. The zero-order valence-electron chi connectivity index (χ0n) is 8.34. The van der Waals surface area contributed by atoms with Crippen molar-refractivity contribution in [2.24, 2.45) is 0 Å². The predicted octanol–water partition coefficient (Wildman–Crippen LogP) is 2.40. The van der Waals surface area contributed by atoms with E-state index in [9.17, 15) is 0 Å². The van der Waals surface area contributed by atoms with Gasteiger partial charge >= 0.3 is 8.56 Å². The quantitative estimate of drug-likeness (QED) is 0.478. The molecule has 0 amide bonds. The molecule has 0 aromatic rings. The van der Waals surface area contributed by atoms with E-state index < -0.39 is 8.56 Å². The summed E-state index contributed by atoms with van der Waals surface area (Å²) in [5.74, 6) is 0. The summed E-state index contributed by atoms with van der Waals surface area (Å²) in [6, 6.07) is 0.638. The smallest absolute Gasteiger partial charge is 0.329 e. The Morgan fingerprint density at radius 1 is 0.917 bits per heavy atom. The minimum absolute atomic E-state index is 0.638. The van der Waals surface area contributed by atoms with Crippen LogP contribution in [0.1, 0.15) is 45.4 Å². The SMILES string of the molecule is CCCCCCCC[Si](C)(O)O. The fourth-order valence-electron chi connectivity index (χ4n) is 1.24. The van der Waals surface area contributed by atoms with Crippen molar-refractivity contribution in [3.05, 3.63) is 0 Å². The molecule has 3 heteroatoms. The molecular weight excluding hydrogens is 168 g/mol. The summed E-state index contributed by atoms with van der Waals surface area (Å²) in [5.41, 5.74) is 0. The fourth-order valence-corrected chi connectivity index (χ4v) is 2.16. The summed E-state index contributed by atoms with van der Waals surface area (Å²) in [6.45, 7) is 3.78. The second-order valence-corrected chi connectivity index (χ2v) is 6.67. The average Bonchev–Trinajstić information content (AvgIpc) is 1.94. The molecule has 12 heavy (non-hydrogen) atoms. The zero-order chi connectivity index (χ0) is 9.45. The highest BCUT2D eigenvalue weighted by atomic mass is 28.4. The summed E-state index contributed by atoms with van der Waals surface area (Å²) in [7, 11) is -2.73. The van der Waals surface area contributed by atoms with Gasteiger partial charge in [-0.25, -0.2) is 0 Å². The Morgan fingerprint density at radius 2 is 1.42 bits per heavy atom. The monoisotopic (exact) mass is 190 g/mol. The van der Waals surface area contributed by atoms with E-state index in [1.165, 1.54) is 25.7 Å². The average molecular weight is 190 g/mol. The molecule has 0 radical (unpaired) electrons. The van der Waals surface area contributed by atoms with Crippen molar-refractivity contribution in [3.63, 3.8) is 0 Å². The highest BCUT2D eigenvalue weighted by Gasteiger charge is 2.19. The van der Waals surface area contributed by atoms with Crippen LogP contribution in [0, 0.1) is 0 Å². The first-order valence-electron chi connectivity index (χ1n) is 5.01. The van der Waals surface area contributed by atoms with Crippen LogP contribution in [0.5, 0.6) is 0 Å². The van der Waals surface area contributed by atoms with E-state index in [0.717, 1.165) is 12.8 Å². The Hall–Kier alpha value is 0.137. The number of hydrogen-bond acceptors (Lipinski definition) is 2. The summed E-state index contributed by atoms with van der Waals surface area (Å²) < 4.78 is 0. The van der Waals surface area contributed by atoms with Gasteiger partial charge in [0.25, 0.3) is 0 Å². The molecular formula is C9H22O2Si. The van der Waals surface area contributed by atoms with E-state index in [1.54, 1.807) is 6.55 Å². The summed E-state index contributed by atoms with van der Waals surface area (Å²) in [5, 5.41) is 0. The van der Waals surface area contributed by atoms with Gasteiger partial charge in [-0.15, -0.1) is 0 Å². The van der Waals surface area contributed by atoms with Crippen LogP contribution in [0.25, 0.3) is 0 Å². The molecule has 2 N–H and O–H groups in total. The van der Waals surface area contributed by atoms with Crippen molar-refractivity contribution in [3.8, 4) is 0 Å². The second kappa shape index (κ2) is 6.63. The lowest BCUT2D eigenvalue weighted by molar-refractivity contribution is 0.366. The number of rotatable bonds is 7. The van der Waals surface area contributed by atoms with Gasteiger partial charge in [-0.2, -0.15) is 0 Å². The highest BCUT2D eigenvalue weighted by molar-refractivity contribution is 6.63. The first kappa shape index (κ1) is 12.1. The molecule has 0 aromatic carbocycles. The molecule has 0 fully saturated rings. The lowest BCUT2D eigenvalue weighted by atomic mass is 10.1. The maximum Gasteiger partial charge on any atom is 0.329 e. The first-order chi connectivity index (χ1) is 5.56. The third-order valence-electron chi connectivity index (χ3n) is 2.00. The molecule has 0 bridgehead atoms. The minimum atomic E-state index is -2.73.